The fourth-order valence-electron chi connectivity index (χ4n) is 1.22. The largest absolute Gasteiger partial charge is 0.491 e. The topological polar surface area (TPSA) is 9.23 Å². The van der Waals surface area contributed by atoms with E-state index in [1.807, 2.05) is 17.8 Å². The molecule has 0 aliphatic rings. The molecule has 0 aromatic heterocycles. The summed E-state index contributed by atoms with van der Waals surface area (Å²) in [5.74, 6) is 2.81. The third-order valence-electron chi connectivity index (χ3n) is 1.91. The Morgan fingerprint density at radius 2 is 2.12 bits per heavy atom. The smallest absolute Gasteiger partial charge is 0.142 e. The zero-order valence-corrected chi connectivity index (χ0v) is 12.8. The number of benzene rings is 1. The molecule has 0 atom stereocenters. The van der Waals surface area contributed by atoms with Crippen LogP contribution in [0.25, 0.3) is 0 Å². The van der Waals surface area contributed by atoms with Crippen molar-refractivity contribution >= 4 is 50.9 Å². The molecule has 1 aromatic carbocycles. The van der Waals surface area contributed by atoms with E-state index in [1.54, 1.807) is 6.07 Å². The van der Waals surface area contributed by atoms with Crippen LogP contribution in [0.2, 0.25) is 10.0 Å². The molecule has 0 bridgehead atoms. The van der Waals surface area contributed by atoms with Crippen molar-refractivity contribution < 1.29 is 4.74 Å². The predicted molar refractivity (Wildman–Crippen MR) is 77.6 cm³/mol. The van der Waals surface area contributed by atoms with Crippen LogP contribution in [-0.4, -0.2) is 18.1 Å². The van der Waals surface area contributed by atoms with Crippen LogP contribution in [0.3, 0.4) is 0 Å². The van der Waals surface area contributed by atoms with Crippen molar-refractivity contribution in [2.24, 2.45) is 0 Å². The van der Waals surface area contributed by atoms with Gasteiger partial charge in [-0.15, -0.1) is 0 Å². The maximum absolute atomic E-state index is 6.09. The molecule has 1 nitrogen and oxygen atoms in total. The van der Waals surface area contributed by atoms with Crippen molar-refractivity contribution in [2.75, 3.05) is 18.1 Å². The lowest BCUT2D eigenvalue weighted by Gasteiger charge is -2.12. The molecule has 5 heteroatoms. The monoisotopic (exact) mass is 342 g/mol. The van der Waals surface area contributed by atoms with Gasteiger partial charge in [-0.2, -0.15) is 11.8 Å². The molecule has 0 radical (unpaired) electrons. The third kappa shape index (κ3) is 4.36. The van der Waals surface area contributed by atoms with Gasteiger partial charge in [-0.1, -0.05) is 46.1 Å². The molecule has 0 unspecified atom stereocenters. The molecule has 0 aliphatic heterocycles. The lowest BCUT2D eigenvalue weighted by molar-refractivity contribution is 0.341. The maximum atomic E-state index is 6.09. The summed E-state index contributed by atoms with van der Waals surface area (Å²) in [6, 6.07) is 3.57. The standard InChI is InChI=1S/C11H13BrCl2OS/c1-2-16-4-3-15-11-8(7-12)5-9(13)6-10(11)14/h5-6H,2-4,7H2,1H3. The summed E-state index contributed by atoms with van der Waals surface area (Å²) >= 11 is 17.2. The van der Waals surface area contributed by atoms with Gasteiger partial charge in [0.1, 0.15) is 5.75 Å². The Labute approximate surface area is 119 Å². The van der Waals surface area contributed by atoms with E-state index in [0.717, 1.165) is 22.8 Å². The molecule has 0 saturated heterocycles. The second-order valence-electron chi connectivity index (χ2n) is 3.05. The van der Waals surface area contributed by atoms with Crippen LogP contribution in [0, 0.1) is 0 Å². The summed E-state index contributed by atoms with van der Waals surface area (Å²) in [5, 5.41) is 1.89. The first-order valence-corrected chi connectivity index (χ1v) is 7.96. The number of rotatable bonds is 6. The van der Waals surface area contributed by atoms with E-state index in [2.05, 4.69) is 22.9 Å². The van der Waals surface area contributed by atoms with Crippen LogP contribution in [0.5, 0.6) is 5.75 Å². The van der Waals surface area contributed by atoms with E-state index in [-0.39, 0.29) is 0 Å². The van der Waals surface area contributed by atoms with Gasteiger partial charge in [-0.3, -0.25) is 0 Å². The molecule has 0 amide bonds. The Bertz CT molecular complexity index is 347. The van der Waals surface area contributed by atoms with Gasteiger partial charge in [-0.25, -0.2) is 0 Å². The molecule has 1 rings (SSSR count). The van der Waals surface area contributed by atoms with E-state index in [4.69, 9.17) is 27.9 Å². The van der Waals surface area contributed by atoms with Crippen molar-refractivity contribution in [2.45, 2.75) is 12.3 Å². The number of alkyl halides is 1. The molecule has 90 valence electrons. The first-order chi connectivity index (χ1) is 7.69. The van der Waals surface area contributed by atoms with E-state index in [0.29, 0.717) is 22.0 Å². The average molecular weight is 344 g/mol. The second-order valence-corrected chi connectivity index (χ2v) is 5.85. The summed E-state index contributed by atoms with van der Waals surface area (Å²) in [7, 11) is 0. The van der Waals surface area contributed by atoms with Gasteiger partial charge >= 0.3 is 0 Å². The van der Waals surface area contributed by atoms with Crippen molar-refractivity contribution in [1.82, 2.24) is 0 Å². The quantitative estimate of drug-likeness (QED) is 0.529. The van der Waals surface area contributed by atoms with Crippen LogP contribution in [-0.2, 0) is 5.33 Å². The minimum atomic E-state index is 0.573. The summed E-state index contributed by atoms with van der Waals surface area (Å²) in [5.41, 5.74) is 0.985. The first kappa shape index (κ1) is 14.5. The van der Waals surface area contributed by atoms with Crippen LogP contribution < -0.4 is 4.74 Å². The fourth-order valence-corrected chi connectivity index (χ4v) is 2.72. The maximum Gasteiger partial charge on any atom is 0.142 e. The Balaban J connectivity index is 2.70. The lowest BCUT2D eigenvalue weighted by atomic mass is 10.2. The molecule has 1 aromatic rings. The fraction of sp³-hybridized carbons (Fsp3) is 0.455. The molecule has 0 fully saturated rings. The Kier molecular flexibility index (Phi) is 6.97. The molecular formula is C11H13BrCl2OS. The number of thioether (sulfide) groups is 1. The molecule has 0 aliphatic carbocycles. The predicted octanol–water partition coefficient (Wildman–Crippen LogP) is 5.02. The highest BCUT2D eigenvalue weighted by molar-refractivity contribution is 9.08. The summed E-state index contributed by atoms with van der Waals surface area (Å²) in [4.78, 5) is 0. The summed E-state index contributed by atoms with van der Waals surface area (Å²) in [6.07, 6.45) is 0. The number of halogens is 3. The third-order valence-corrected chi connectivity index (χ3v) is 3.87. The highest BCUT2D eigenvalue weighted by Crippen LogP contribution is 2.33. The lowest BCUT2D eigenvalue weighted by Crippen LogP contribution is -2.03. The van der Waals surface area contributed by atoms with E-state index >= 15 is 0 Å². The normalized spacial score (nSPS) is 10.5. The Morgan fingerprint density at radius 1 is 1.38 bits per heavy atom. The molecule has 16 heavy (non-hydrogen) atoms. The van der Waals surface area contributed by atoms with Gasteiger partial charge in [0.15, 0.2) is 0 Å². The minimum Gasteiger partial charge on any atom is -0.491 e. The highest BCUT2D eigenvalue weighted by atomic mass is 79.9. The zero-order chi connectivity index (χ0) is 12.0. The number of hydrogen-bond acceptors (Lipinski definition) is 2. The Morgan fingerprint density at radius 3 is 2.75 bits per heavy atom. The summed E-state index contributed by atoms with van der Waals surface area (Å²) < 4.78 is 5.67. The highest BCUT2D eigenvalue weighted by Gasteiger charge is 2.09. The van der Waals surface area contributed by atoms with Crippen LogP contribution in [0.1, 0.15) is 12.5 Å². The van der Waals surface area contributed by atoms with Crippen LogP contribution in [0.15, 0.2) is 12.1 Å². The second kappa shape index (κ2) is 7.70. The number of hydrogen-bond donors (Lipinski definition) is 0. The zero-order valence-electron chi connectivity index (χ0n) is 8.93. The number of ether oxygens (including phenoxy) is 1. The van der Waals surface area contributed by atoms with Crippen molar-refractivity contribution in [3.05, 3.63) is 27.7 Å². The molecule has 0 heterocycles. The molecule has 0 N–H and O–H groups in total. The van der Waals surface area contributed by atoms with Gasteiger partial charge in [0.05, 0.1) is 11.6 Å². The average Bonchev–Trinajstić information content (AvgIpc) is 2.26. The van der Waals surface area contributed by atoms with Gasteiger partial charge in [0, 0.05) is 21.7 Å². The van der Waals surface area contributed by atoms with E-state index < -0.39 is 0 Å². The van der Waals surface area contributed by atoms with Gasteiger partial charge in [0.2, 0.25) is 0 Å². The molecule has 0 saturated carbocycles. The van der Waals surface area contributed by atoms with Crippen LogP contribution >= 0.6 is 50.9 Å². The molecular weight excluding hydrogens is 331 g/mol. The summed E-state index contributed by atoms with van der Waals surface area (Å²) in [6.45, 7) is 2.80. The van der Waals surface area contributed by atoms with Gasteiger partial charge < -0.3 is 4.74 Å². The Hall–Kier alpha value is 0.430. The van der Waals surface area contributed by atoms with Crippen molar-refractivity contribution in [3.63, 3.8) is 0 Å². The van der Waals surface area contributed by atoms with E-state index in [9.17, 15) is 0 Å². The van der Waals surface area contributed by atoms with Gasteiger partial charge in [0.25, 0.3) is 0 Å². The minimum absolute atomic E-state index is 0.573. The van der Waals surface area contributed by atoms with Gasteiger partial charge in [-0.05, 0) is 17.9 Å². The first-order valence-electron chi connectivity index (χ1n) is 4.93. The molecule has 0 spiro atoms. The van der Waals surface area contributed by atoms with Crippen molar-refractivity contribution in [3.8, 4) is 5.75 Å². The van der Waals surface area contributed by atoms with Crippen molar-refractivity contribution in [1.29, 1.82) is 0 Å². The van der Waals surface area contributed by atoms with Crippen LogP contribution in [0.4, 0.5) is 0 Å². The SMILES string of the molecule is CCSCCOc1c(Cl)cc(Cl)cc1CBr. The van der Waals surface area contributed by atoms with E-state index in [1.165, 1.54) is 0 Å².